The van der Waals surface area contributed by atoms with Crippen molar-refractivity contribution in [3.63, 3.8) is 0 Å². The largest absolute Gasteiger partial charge is 0.315 e. The van der Waals surface area contributed by atoms with Crippen LogP contribution < -0.4 is 5.32 Å². The third kappa shape index (κ3) is 3.25. The number of hydrogen-bond acceptors (Lipinski definition) is 3. The fourth-order valence-electron chi connectivity index (χ4n) is 0.814. The highest BCUT2D eigenvalue weighted by molar-refractivity contribution is 14.1. The zero-order chi connectivity index (χ0) is 9.84. The molecule has 1 amide bonds. The number of rotatable bonds is 2. The van der Waals surface area contributed by atoms with Gasteiger partial charge in [0.15, 0.2) is 0 Å². The van der Waals surface area contributed by atoms with Crippen LogP contribution >= 0.6 is 22.6 Å². The summed E-state index contributed by atoms with van der Waals surface area (Å²) in [6.45, 7) is 4.04. The van der Waals surface area contributed by atoms with E-state index >= 15 is 0 Å². The van der Waals surface area contributed by atoms with Crippen molar-refractivity contribution in [3.8, 4) is 0 Å². The van der Waals surface area contributed by atoms with Crippen LogP contribution in [0, 0.1) is 0 Å². The molecule has 0 bridgehead atoms. The summed E-state index contributed by atoms with van der Waals surface area (Å²) in [5.41, 5.74) is 0.629. The molecule has 0 aliphatic carbocycles. The summed E-state index contributed by atoms with van der Waals surface area (Å²) < 4.78 is -0.140. The predicted molar refractivity (Wildman–Crippen MR) is 59.2 cm³/mol. The van der Waals surface area contributed by atoms with E-state index < -0.39 is 0 Å². The van der Waals surface area contributed by atoms with Gasteiger partial charge in [-0.1, -0.05) is 13.8 Å². The van der Waals surface area contributed by atoms with Gasteiger partial charge in [0.1, 0.15) is 5.82 Å². The van der Waals surface area contributed by atoms with Crippen LogP contribution in [0.3, 0.4) is 0 Å². The van der Waals surface area contributed by atoms with Gasteiger partial charge in [-0.2, -0.15) is 0 Å². The molecule has 0 saturated heterocycles. The van der Waals surface area contributed by atoms with Crippen LogP contribution in [-0.4, -0.2) is 13.9 Å². The summed E-state index contributed by atoms with van der Waals surface area (Å²) in [5, 5.41) is 2.59. The summed E-state index contributed by atoms with van der Waals surface area (Å²) >= 11 is 1.66. The van der Waals surface area contributed by atoms with Crippen molar-refractivity contribution in [1.29, 1.82) is 0 Å². The molecule has 0 saturated carbocycles. The molecule has 0 fully saturated rings. The molecule has 1 aromatic rings. The highest BCUT2D eigenvalue weighted by Gasteiger charge is 2.02. The van der Waals surface area contributed by atoms with Crippen molar-refractivity contribution in [2.45, 2.75) is 19.8 Å². The minimum Gasteiger partial charge on any atom is -0.315 e. The summed E-state index contributed by atoms with van der Waals surface area (Å²) in [6, 6.07) is 0. The van der Waals surface area contributed by atoms with Gasteiger partial charge in [0.05, 0.1) is 18.1 Å². The average molecular weight is 291 g/mol. The highest BCUT2D eigenvalue weighted by Crippen LogP contribution is 2.10. The number of amides is 1. The first-order valence-electron chi connectivity index (χ1n) is 3.88. The van der Waals surface area contributed by atoms with Crippen LogP contribution in [0.2, 0.25) is 0 Å². The monoisotopic (exact) mass is 291 g/mol. The molecule has 1 rings (SSSR count). The number of anilines is 1. The van der Waals surface area contributed by atoms with E-state index in [1.165, 1.54) is 0 Å². The lowest BCUT2D eigenvalue weighted by Crippen LogP contribution is -2.03. The van der Waals surface area contributed by atoms with Gasteiger partial charge in [0.2, 0.25) is 0 Å². The number of halogens is 1. The normalized spacial score (nSPS) is 10.2. The number of nitrogens with one attached hydrogen (secondary N) is 1. The predicted octanol–water partition coefficient (Wildman–Crippen LogP) is 2.57. The molecule has 5 heteroatoms. The molecular weight excluding hydrogens is 281 g/mol. The highest BCUT2D eigenvalue weighted by atomic mass is 127. The van der Waals surface area contributed by atoms with E-state index in [0.717, 1.165) is 5.82 Å². The molecule has 70 valence electrons. The van der Waals surface area contributed by atoms with Gasteiger partial charge in [-0.25, -0.2) is 9.97 Å². The molecule has 0 aliphatic heterocycles. The average Bonchev–Trinajstić information content (AvgIpc) is 2.04. The van der Waals surface area contributed by atoms with Gasteiger partial charge in [-0.05, 0) is 0 Å². The van der Waals surface area contributed by atoms with Crippen LogP contribution in [0.25, 0.3) is 0 Å². The Kier molecular flexibility index (Phi) is 3.58. The first-order chi connectivity index (χ1) is 6.09. The maximum absolute atomic E-state index is 10.7. The van der Waals surface area contributed by atoms with E-state index in [4.69, 9.17) is 0 Å². The lowest BCUT2D eigenvalue weighted by Gasteiger charge is -2.03. The lowest BCUT2D eigenvalue weighted by molar-refractivity contribution is 0.271. The van der Waals surface area contributed by atoms with Gasteiger partial charge in [0.25, 0.3) is 3.91 Å². The first-order valence-corrected chi connectivity index (χ1v) is 4.96. The molecule has 0 unspecified atom stereocenters. The van der Waals surface area contributed by atoms with Crippen LogP contribution in [0.5, 0.6) is 0 Å². The summed E-state index contributed by atoms with van der Waals surface area (Å²) in [6.07, 6.45) is 3.22. The van der Waals surface area contributed by atoms with Crippen LogP contribution in [0.4, 0.5) is 10.5 Å². The Labute approximate surface area is 90.3 Å². The minimum atomic E-state index is -0.140. The summed E-state index contributed by atoms with van der Waals surface area (Å²) in [7, 11) is 0. The SMILES string of the molecule is CC(C)c1ncc(NC(=O)I)cn1. The number of carbonyl (C=O) groups excluding carboxylic acids is 1. The van der Waals surface area contributed by atoms with Crippen molar-refractivity contribution in [2.24, 2.45) is 0 Å². The van der Waals surface area contributed by atoms with E-state index in [-0.39, 0.29) is 3.91 Å². The van der Waals surface area contributed by atoms with Gasteiger partial charge >= 0.3 is 0 Å². The molecule has 13 heavy (non-hydrogen) atoms. The second-order valence-electron chi connectivity index (χ2n) is 2.88. The standard InChI is InChI=1S/C8H10IN3O/c1-5(2)7-10-3-6(4-11-7)12-8(9)13/h3-5H,1-2H3,(H,12,13). The first kappa shape index (κ1) is 10.4. The van der Waals surface area contributed by atoms with E-state index in [1.807, 2.05) is 13.8 Å². The fraction of sp³-hybridized carbons (Fsp3) is 0.375. The Bertz CT molecular complexity index is 297. The number of nitrogens with zero attached hydrogens (tertiary/aromatic N) is 2. The van der Waals surface area contributed by atoms with E-state index in [2.05, 4.69) is 15.3 Å². The fourth-order valence-corrected chi connectivity index (χ4v) is 1.13. The topological polar surface area (TPSA) is 54.9 Å². The van der Waals surface area contributed by atoms with Crippen molar-refractivity contribution in [3.05, 3.63) is 18.2 Å². The number of aromatic nitrogens is 2. The third-order valence-corrected chi connectivity index (χ3v) is 1.70. The van der Waals surface area contributed by atoms with Crippen LogP contribution in [-0.2, 0) is 0 Å². The van der Waals surface area contributed by atoms with Gasteiger partial charge in [0, 0.05) is 28.5 Å². The molecule has 1 N–H and O–H groups in total. The molecule has 1 heterocycles. The van der Waals surface area contributed by atoms with Crippen LogP contribution in [0.1, 0.15) is 25.6 Å². The Morgan fingerprint density at radius 3 is 2.38 bits per heavy atom. The second-order valence-corrected chi connectivity index (χ2v) is 3.86. The van der Waals surface area contributed by atoms with Gasteiger partial charge in [-0.15, -0.1) is 0 Å². The van der Waals surface area contributed by atoms with Crippen molar-refractivity contribution in [1.82, 2.24) is 9.97 Å². The van der Waals surface area contributed by atoms with Crippen LogP contribution in [0.15, 0.2) is 12.4 Å². The van der Waals surface area contributed by atoms with Gasteiger partial charge in [-0.3, -0.25) is 4.79 Å². The minimum absolute atomic E-state index is 0.140. The van der Waals surface area contributed by atoms with Crippen molar-refractivity contribution in [2.75, 3.05) is 5.32 Å². The zero-order valence-corrected chi connectivity index (χ0v) is 9.57. The smallest absolute Gasteiger partial charge is 0.285 e. The van der Waals surface area contributed by atoms with E-state index in [1.54, 1.807) is 35.0 Å². The lowest BCUT2D eigenvalue weighted by atomic mass is 10.2. The Balaban J connectivity index is 2.75. The second kappa shape index (κ2) is 4.50. The number of hydrogen-bond donors (Lipinski definition) is 1. The van der Waals surface area contributed by atoms with Crippen molar-refractivity contribution >= 4 is 32.2 Å². The molecule has 1 aromatic heterocycles. The Hall–Kier alpha value is -0.720. The van der Waals surface area contributed by atoms with Gasteiger partial charge < -0.3 is 5.32 Å². The Morgan fingerprint density at radius 2 is 2.00 bits per heavy atom. The molecule has 4 nitrogen and oxygen atoms in total. The van der Waals surface area contributed by atoms with E-state index in [0.29, 0.717) is 11.6 Å². The third-order valence-electron chi connectivity index (χ3n) is 1.43. The molecule has 0 aliphatic rings. The molecule has 0 aromatic carbocycles. The maximum atomic E-state index is 10.7. The maximum Gasteiger partial charge on any atom is 0.285 e. The quantitative estimate of drug-likeness (QED) is 0.517. The molecule has 0 atom stereocenters. The van der Waals surface area contributed by atoms with Crippen molar-refractivity contribution < 1.29 is 4.79 Å². The Morgan fingerprint density at radius 1 is 1.46 bits per heavy atom. The zero-order valence-electron chi connectivity index (χ0n) is 7.41. The van der Waals surface area contributed by atoms with E-state index in [9.17, 15) is 4.79 Å². The number of carbonyl (C=O) groups is 1. The molecule has 0 spiro atoms. The molecule has 0 radical (unpaired) electrons. The molecular formula is C8H10IN3O. The summed E-state index contributed by atoms with van der Waals surface area (Å²) in [4.78, 5) is 18.9. The summed E-state index contributed by atoms with van der Waals surface area (Å²) in [5.74, 6) is 1.09.